The van der Waals surface area contributed by atoms with Crippen molar-refractivity contribution in [3.8, 4) is 6.07 Å². The van der Waals surface area contributed by atoms with Gasteiger partial charge in [0.15, 0.2) is 0 Å². The Balaban J connectivity index is 2.77. The van der Waals surface area contributed by atoms with Crippen LogP contribution in [-0.2, 0) is 4.79 Å². The Morgan fingerprint density at radius 1 is 1.62 bits per heavy atom. The summed E-state index contributed by atoms with van der Waals surface area (Å²) in [6.07, 6.45) is 5.15. The monoisotopic (exact) mass is 178 g/mol. The quantitative estimate of drug-likeness (QED) is 0.513. The van der Waals surface area contributed by atoms with Crippen LogP contribution in [0.2, 0.25) is 0 Å². The molecule has 1 amide bonds. The molecular weight excluding hydrogens is 164 g/mol. The van der Waals surface area contributed by atoms with Gasteiger partial charge in [-0.25, -0.2) is 0 Å². The number of nitrogens with one attached hydrogen (secondary N) is 1. The lowest BCUT2D eigenvalue weighted by atomic mass is 9.69. The van der Waals surface area contributed by atoms with E-state index in [1.165, 1.54) is 13.5 Å². The number of nitrogens with zero attached hydrogens (tertiary/aromatic N) is 1. The van der Waals surface area contributed by atoms with Gasteiger partial charge in [-0.15, -0.1) is 0 Å². The summed E-state index contributed by atoms with van der Waals surface area (Å²) >= 11 is 0. The summed E-state index contributed by atoms with van der Waals surface area (Å²) in [5.41, 5.74) is 0.321. The van der Waals surface area contributed by atoms with Crippen LogP contribution in [0.1, 0.15) is 26.2 Å². The van der Waals surface area contributed by atoms with Gasteiger partial charge in [-0.3, -0.25) is 4.79 Å². The van der Waals surface area contributed by atoms with Crippen molar-refractivity contribution in [1.29, 1.82) is 5.26 Å². The number of rotatable bonds is 2. The Hall–Kier alpha value is -1.30. The number of likely N-dealkylation sites (N-methyl/N-ethyl adjacent to an activating group) is 1. The molecule has 0 aliphatic heterocycles. The molecule has 1 N–H and O–H groups in total. The maximum atomic E-state index is 11.2. The summed E-state index contributed by atoms with van der Waals surface area (Å²) in [5.74, 6) is -0.282. The van der Waals surface area contributed by atoms with Crippen molar-refractivity contribution in [2.24, 2.45) is 5.41 Å². The second kappa shape index (κ2) is 3.61. The van der Waals surface area contributed by atoms with E-state index in [-0.39, 0.29) is 16.9 Å². The zero-order valence-corrected chi connectivity index (χ0v) is 8.05. The summed E-state index contributed by atoms with van der Waals surface area (Å²) in [6, 6.07) is 1.93. The van der Waals surface area contributed by atoms with Crippen LogP contribution in [-0.4, -0.2) is 13.0 Å². The highest BCUT2D eigenvalue weighted by Gasteiger charge is 2.30. The molecule has 0 heterocycles. The van der Waals surface area contributed by atoms with Crippen LogP contribution >= 0.6 is 0 Å². The van der Waals surface area contributed by atoms with Crippen LogP contribution in [0.5, 0.6) is 0 Å². The molecule has 0 aromatic rings. The van der Waals surface area contributed by atoms with E-state index in [0.717, 1.165) is 12.8 Å². The van der Waals surface area contributed by atoms with Gasteiger partial charge in [-0.05, 0) is 18.3 Å². The van der Waals surface area contributed by atoms with Gasteiger partial charge in [-0.1, -0.05) is 19.4 Å². The van der Waals surface area contributed by atoms with Gasteiger partial charge < -0.3 is 5.32 Å². The molecule has 1 saturated carbocycles. The van der Waals surface area contributed by atoms with Gasteiger partial charge in [0.25, 0.3) is 5.91 Å². The molecule has 0 saturated heterocycles. The minimum Gasteiger partial charge on any atom is -0.354 e. The third kappa shape index (κ3) is 2.09. The smallest absolute Gasteiger partial charge is 0.261 e. The fourth-order valence-corrected chi connectivity index (χ4v) is 1.51. The van der Waals surface area contributed by atoms with Gasteiger partial charge in [0.1, 0.15) is 11.6 Å². The number of carbonyl (C=O) groups excluding carboxylic acids is 1. The molecule has 1 aliphatic carbocycles. The van der Waals surface area contributed by atoms with Crippen LogP contribution in [0, 0.1) is 16.7 Å². The number of hydrogen-bond donors (Lipinski definition) is 1. The topological polar surface area (TPSA) is 52.9 Å². The van der Waals surface area contributed by atoms with E-state index < -0.39 is 0 Å². The zero-order valence-electron chi connectivity index (χ0n) is 8.05. The third-order valence-electron chi connectivity index (χ3n) is 2.58. The first kappa shape index (κ1) is 9.79. The summed E-state index contributed by atoms with van der Waals surface area (Å²) in [6.45, 7) is 2.08. The molecular formula is C10H14N2O. The Morgan fingerprint density at radius 2 is 2.23 bits per heavy atom. The first-order chi connectivity index (χ1) is 6.11. The van der Waals surface area contributed by atoms with E-state index in [2.05, 4.69) is 12.2 Å². The van der Waals surface area contributed by atoms with E-state index in [0.29, 0.717) is 0 Å². The molecule has 0 spiro atoms. The van der Waals surface area contributed by atoms with Crippen LogP contribution in [0.15, 0.2) is 11.6 Å². The molecule has 0 atom stereocenters. The Morgan fingerprint density at radius 3 is 2.54 bits per heavy atom. The Kier molecular flexibility index (Phi) is 2.72. The SMILES string of the molecule is CNC(=O)/C(C#N)=C/C1(C)CCC1. The lowest BCUT2D eigenvalue weighted by Gasteiger charge is -2.35. The second-order valence-corrected chi connectivity index (χ2v) is 3.76. The average molecular weight is 178 g/mol. The van der Waals surface area contributed by atoms with E-state index in [1.807, 2.05) is 6.07 Å². The number of hydrogen-bond acceptors (Lipinski definition) is 2. The molecule has 70 valence electrons. The largest absolute Gasteiger partial charge is 0.354 e. The lowest BCUT2D eigenvalue weighted by molar-refractivity contribution is -0.116. The van der Waals surface area contributed by atoms with E-state index in [4.69, 9.17) is 5.26 Å². The molecule has 0 aromatic heterocycles. The molecule has 3 nitrogen and oxygen atoms in total. The van der Waals surface area contributed by atoms with Crippen LogP contribution in [0.4, 0.5) is 0 Å². The number of carbonyl (C=O) groups is 1. The van der Waals surface area contributed by atoms with Crippen LogP contribution < -0.4 is 5.32 Å². The minimum atomic E-state index is -0.282. The van der Waals surface area contributed by atoms with Crippen molar-refractivity contribution in [3.63, 3.8) is 0 Å². The fourth-order valence-electron chi connectivity index (χ4n) is 1.51. The first-order valence-corrected chi connectivity index (χ1v) is 4.46. The van der Waals surface area contributed by atoms with Gasteiger partial charge in [0.05, 0.1) is 0 Å². The molecule has 0 bridgehead atoms. The predicted octanol–water partition coefficient (Wildman–Crippen LogP) is 1.37. The van der Waals surface area contributed by atoms with Crippen molar-refractivity contribution in [2.45, 2.75) is 26.2 Å². The van der Waals surface area contributed by atoms with Gasteiger partial charge in [0.2, 0.25) is 0 Å². The van der Waals surface area contributed by atoms with E-state index >= 15 is 0 Å². The summed E-state index contributed by atoms with van der Waals surface area (Å²) in [4.78, 5) is 11.2. The molecule has 0 aromatic carbocycles. The van der Waals surface area contributed by atoms with Gasteiger partial charge >= 0.3 is 0 Å². The Labute approximate surface area is 78.4 Å². The molecule has 1 aliphatic rings. The van der Waals surface area contributed by atoms with Crippen molar-refractivity contribution >= 4 is 5.91 Å². The van der Waals surface area contributed by atoms with Gasteiger partial charge in [-0.2, -0.15) is 5.26 Å². The number of allylic oxidation sites excluding steroid dienone is 1. The average Bonchev–Trinajstić information content (AvgIpc) is 2.10. The molecule has 1 fully saturated rings. The maximum absolute atomic E-state index is 11.2. The highest BCUT2D eigenvalue weighted by molar-refractivity contribution is 5.97. The summed E-state index contributed by atoms with van der Waals surface area (Å²) in [7, 11) is 1.54. The molecule has 13 heavy (non-hydrogen) atoms. The molecule has 0 unspecified atom stereocenters. The van der Waals surface area contributed by atoms with E-state index in [1.54, 1.807) is 6.08 Å². The Bertz CT molecular complexity index is 282. The maximum Gasteiger partial charge on any atom is 0.261 e. The van der Waals surface area contributed by atoms with Crippen LogP contribution in [0.25, 0.3) is 0 Å². The fraction of sp³-hybridized carbons (Fsp3) is 0.600. The third-order valence-corrected chi connectivity index (χ3v) is 2.58. The first-order valence-electron chi connectivity index (χ1n) is 4.46. The highest BCUT2D eigenvalue weighted by atomic mass is 16.1. The van der Waals surface area contributed by atoms with Crippen molar-refractivity contribution in [2.75, 3.05) is 7.05 Å². The zero-order chi connectivity index (χ0) is 9.90. The molecule has 1 rings (SSSR count). The molecule has 0 radical (unpaired) electrons. The van der Waals surface area contributed by atoms with Crippen LogP contribution in [0.3, 0.4) is 0 Å². The minimum absolute atomic E-state index is 0.0809. The number of amides is 1. The second-order valence-electron chi connectivity index (χ2n) is 3.76. The summed E-state index contributed by atoms with van der Waals surface area (Å²) in [5, 5.41) is 11.2. The number of nitriles is 1. The van der Waals surface area contributed by atoms with Crippen molar-refractivity contribution in [1.82, 2.24) is 5.32 Å². The predicted molar refractivity (Wildman–Crippen MR) is 49.7 cm³/mol. The van der Waals surface area contributed by atoms with Crippen molar-refractivity contribution in [3.05, 3.63) is 11.6 Å². The molecule has 3 heteroatoms. The highest BCUT2D eigenvalue weighted by Crippen LogP contribution is 2.42. The van der Waals surface area contributed by atoms with Gasteiger partial charge in [0, 0.05) is 7.05 Å². The summed E-state index contributed by atoms with van der Waals surface area (Å²) < 4.78 is 0. The lowest BCUT2D eigenvalue weighted by Crippen LogP contribution is -2.26. The van der Waals surface area contributed by atoms with E-state index in [9.17, 15) is 4.79 Å². The van der Waals surface area contributed by atoms with Crippen molar-refractivity contribution < 1.29 is 4.79 Å². The standard InChI is InChI=1S/C10H14N2O/c1-10(4-3-5-10)6-8(7-11)9(13)12-2/h6H,3-5H2,1-2H3,(H,12,13)/b8-6+. The normalized spacial score (nSPS) is 19.9.